The maximum absolute atomic E-state index is 3.40. The second kappa shape index (κ2) is 15.7. The summed E-state index contributed by atoms with van der Waals surface area (Å²) in [5.74, 6) is 1.04. The van der Waals surface area contributed by atoms with Gasteiger partial charge in [0.05, 0.1) is 0 Å². The van der Waals surface area contributed by atoms with Gasteiger partial charge in [0.1, 0.15) is 0 Å². The smallest absolute Gasteiger partial charge is 1.00 e. The second-order valence-corrected chi connectivity index (χ2v) is 26.0. The third kappa shape index (κ3) is 16.2. The molecule has 31 heavy (non-hydrogen) atoms. The van der Waals surface area contributed by atoms with E-state index in [1.807, 2.05) is 0 Å². The van der Waals surface area contributed by atoms with E-state index in [4.69, 9.17) is 0 Å². The van der Waals surface area contributed by atoms with Crippen LogP contribution in [0.3, 0.4) is 0 Å². The van der Waals surface area contributed by atoms with Gasteiger partial charge in [0, 0.05) is 16.6 Å². The largest absolute Gasteiger partial charge is 4.00 e. The Morgan fingerprint density at radius 3 is 1.03 bits per heavy atom. The van der Waals surface area contributed by atoms with E-state index in [0.29, 0.717) is 31.7 Å². The number of rotatable bonds is 1. The molecule has 0 radical (unpaired) electrons. The van der Waals surface area contributed by atoms with Gasteiger partial charge in [-0.25, -0.2) is 11.1 Å². The summed E-state index contributed by atoms with van der Waals surface area (Å²) in [5.41, 5.74) is 6.19. The molecule has 0 fully saturated rings. The van der Waals surface area contributed by atoms with Crippen molar-refractivity contribution in [3.8, 4) is 0 Å². The third-order valence-corrected chi connectivity index (χ3v) is 13.7. The summed E-state index contributed by atoms with van der Waals surface area (Å²) in [4.78, 5) is 0. The van der Waals surface area contributed by atoms with Gasteiger partial charge in [-0.2, -0.15) is 23.3 Å². The summed E-state index contributed by atoms with van der Waals surface area (Å²) in [7, 11) is -0.101. The first-order valence-corrected chi connectivity index (χ1v) is 18.3. The zero-order chi connectivity index (χ0) is 22.5. The number of hydrogen-bond donors (Lipinski definition) is 0. The number of hydrogen-bond acceptors (Lipinski definition) is 0. The van der Waals surface area contributed by atoms with Gasteiger partial charge in [-0.15, -0.1) is 0 Å². The Labute approximate surface area is 230 Å². The molecule has 2 aliphatic carbocycles. The van der Waals surface area contributed by atoms with Crippen LogP contribution in [0, 0.1) is 34.8 Å². The van der Waals surface area contributed by atoms with E-state index >= 15 is 0 Å². The third-order valence-electron chi connectivity index (χ3n) is 5.21. The van der Waals surface area contributed by atoms with E-state index in [9.17, 15) is 0 Å². The van der Waals surface area contributed by atoms with Gasteiger partial charge in [-0.05, 0) is 0 Å². The number of allylic oxidation sites excluding steroid dienone is 8. The molecule has 178 valence electrons. The molecule has 0 amide bonds. The predicted octanol–water partition coefficient (Wildman–Crippen LogP) is 1.76. The topological polar surface area (TPSA) is 0 Å². The monoisotopic (exact) mass is 576 g/mol. The average Bonchev–Trinajstić information content (AvgIpc) is 3.00. The SMILES string of the molecule is CC1=[C-]C(C)C=C1C(C)(C)C.CC1=[C-]C(C)C=C1C(C)(C)C.C[SiH2][Si](C)(C)C.[Cl-].[Cl-].[Zr+4]. The molecule has 2 aliphatic rings. The molecule has 0 saturated heterocycles. The molecule has 0 aromatic heterocycles. The van der Waals surface area contributed by atoms with Crippen molar-refractivity contribution in [1.82, 2.24) is 0 Å². The van der Waals surface area contributed by atoms with Gasteiger partial charge < -0.3 is 24.8 Å². The molecular weight excluding hydrogens is 531 g/mol. The van der Waals surface area contributed by atoms with Crippen LogP contribution in [0.15, 0.2) is 34.4 Å². The van der Waals surface area contributed by atoms with Crippen LogP contribution >= 0.6 is 0 Å². The first-order chi connectivity index (χ1) is 12.4. The van der Waals surface area contributed by atoms with E-state index in [2.05, 4.69) is 120 Å². The molecule has 0 bridgehead atoms. The van der Waals surface area contributed by atoms with E-state index in [1.54, 1.807) is 0 Å². The summed E-state index contributed by atoms with van der Waals surface area (Å²) in [6, 6.07) is 0. The van der Waals surface area contributed by atoms with E-state index in [-0.39, 0.29) is 51.0 Å². The predicted molar refractivity (Wildman–Crippen MR) is 136 cm³/mol. The second-order valence-electron chi connectivity index (χ2n) is 11.7. The van der Waals surface area contributed by atoms with Gasteiger partial charge in [0.25, 0.3) is 0 Å². The Morgan fingerprint density at radius 2 is 0.968 bits per heavy atom. The molecule has 0 spiro atoms. The standard InChI is InChI=1S/2C11H17.C4H14Si2.2ClH.Zr/c2*1-8-6-9(2)10(7-8)11(3,4)5;1-5-6(2,3)4;;;/h2*7-8H,1-5H3;5H2,1-4H3;2*1H;/q2*-1;;;;+4/p-2. The fourth-order valence-corrected chi connectivity index (χ4v) is 3.30. The van der Waals surface area contributed by atoms with Crippen molar-refractivity contribution >= 4 is 16.6 Å². The van der Waals surface area contributed by atoms with E-state index < -0.39 is 7.59 Å². The molecule has 2 atom stereocenters. The van der Waals surface area contributed by atoms with Crippen molar-refractivity contribution in [2.24, 2.45) is 22.7 Å². The van der Waals surface area contributed by atoms with Crippen molar-refractivity contribution in [1.29, 1.82) is 0 Å². The molecule has 0 saturated carbocycles. The summed E-state index contributed by atoms with van der Waals surface area (Å²) < 4.78 is 0. The zero-order valence-corrected chi connectivity index (χ0v) is 29.2. The van der Waals surface area contributed by atoms with Crippen LogP contribution in [0.25, 0.3) is 0 Å². The summed E-state index contributed by atoms with van der Waals surface area (Å²) in [6.07, 6.45) is 11.4. The molecule has 0 heterocycles. The summed E-state index contributed by atoms with van der Waals surface area (Å²) in [5, 5.41) is 0. The minimum atomic E-state index is -0.492. The normalized spacial score (nSPS) is 20.5. The van der Waals surface area contributed by atoms with Crippen molar-refractivity contribution < 1.29 is 51.0 Å². The Morgan fingerprint density at radius 1 is 0.742 bits per heavy atom. The van der Waals surface area contributed by atoms with Crippen molar-refractivity contribution in [3.05, 3.63) is 46.6 Å². The zero-order valence-electron chi connectivity index (χ0n) is 22.8. The summed E-state index contributed by atoms with van der Waals surface area (Å²) in [6.45, 7) is 31.9. The Kier molecular flexibility index (Phi) is 19.8. The van der Waals surface area contributed by atoms with E-state index in [1.165, 1.54) is 22.3 Å². The maximum atomic E-state index is 3.40. The van der Waals surface area contributed by atoms with Gasteiger partial charge in [0.2, 0.25) is 0 Å². The first-order valence-electron chi connectivity index (χ1n) is 11.0. The molecule has 0 aliphatic heterocycles. The minimum Gasteiger partial charge on any atom is -1.00 e. The molecule has 2 unspecified atom stereocenters. The maximum Gasteiger partial charge on any atom is 4.00 e. The van der Waals surface area contributed by atoms with Crippen LogP contribution in [-0.4, -0.2) is 16.6 Å². The van der Waals surface area contributed by atoms with Crippen molar-refractivity contribution in [2.45, 2.75) is 95.4 Å². The van der Waals surface area contributed by atoms with Crippen LogP contribution in [-0.2, 0) is 26.2 Å². The first kappa shape index (κ1) is 39.1. The molecule has 5 heteroatoms. The quantitative estimate of drug-likeness (QED) is 0.329. The molecule has 0 nitrogen and oxygen atoms in total. The Hall–Kier alpha value is 0.857. The molecule has 2 rings (SSSR count). The van der Waals surface area contributed by atoms with Gasteiger partial charge in [-0.1, -0.05) is 118 Å². The van der Waals surface area contributed by atoms with Crippen LogP contribution in [0.1, 0.15) is 69.2 Å². The van der Waals surface area contributed by atoms with Crippen LogP contribution in [0.5, 0.6) is 0 Å². The Balaban J connectivity index is -0.000000175. The van der Waals surface area contributed by atoms with Crippen LogP contribution in [0.2, 0.25) is 26.2 Å². The van der Waals surface area contributed by atoms with Crippen LogP contribution < -0.4 is 24.8 Å². The minimum absolute atomic E-state index is 0. The fourth-order valence-electron chi connectivity index (χ4n) is 3.30. The Bertz CT molecular complexity index is 590. The fraction of sp³-hybridized carbons (Fsp3) is 0.692. The molecule has 0 aromatic rings. The molecule has 0 aromatic carbocycles. The average molecular weight is 579 g/mol. The van der Waals surface area contributed by atoms with Crippen molar-refractivity contribution in [3.63, 3.8) is 0 Å². The summed E-state index contributed by atoms with van der Waals surface area (Å²) >= 11 is 0. The van der Waals surface area contributed by atoms with Crippen LogP contribution in [0.4, 0.5) is 0 Å². The molecular formula is C26H48Cl2Si2Zr. The molecule has 0 N–H and O–H groups in total. The van der Waals surface area contributed by atoms with Gasteiger partial charge >= 0.3 is 26.2 Å². The van der Waals surface area contributed by atoms with Gasteiger partial charge in [-0.3, -0.25) is 12.2 Å². The number of halogens is 2. The van der Waals surface area contributed by atoms with Gasteiger partial charge in [0.15, 0.2) is 0 Å². The van der Waals surface area contributed by atoms with E-state index in [0.717, 1.165) is 0 Å². The van der Waals surface area contributed by atoms with Crippen molar-refractivity contribution in [2.75, 3.05) is 0 Å².